The Morgan fingerprint density at radius 2 is 1.71 bits per heavy atom. The molecule has 5 aliphatic rings. The van der Waals surface area contributed by atoms with Crippen molar-refractivity contribution >= 4 is 21.6 Å². The Bertz CT molecular complexity index is 1580. The topological polar surface area (TPSA) is 102 Å². The third-order valence-electron chi connectivity index (χ3n) is 12.6. The van der Waals surface area contributed by atoms with E-state index in [0.717, 1.165) is 95.7 Å². The van der Waals surface area contributed by atoms with E-state index < -0.39 is 20.7 Å². The molecule has 49 heavy (non-hydrogen) atoms. The van der Waals surface area contributed by atoms with Crippen molar-refractivity contribution in [2.45, 2.75) is 85.5 Å². The number of alkyl carbamates (subject to hydrolysis) is 1. The molecule has 9 nitrogen and oxygen atoms in total. The maximum atomic E-state index is 14.9. The number of amides is 1. The number of hydrogen-bond acceptors (Lipinski definition) is 8. The number of nitrogens with one attached hydrogen (secondary N) is 1. The number of rotatable bonds is 11. The van der Waals surface area contributed by atoms with Gasteiger partial charge >= 0.3 is 6.09 Å². The predicted molar refractivity (Wildman–Crippen MR) is 188 cm³/mol. The zero-order chi connectivity index (χ0) is 34.4. The second-order valence-corrected chi connectivity index (χ2v) is 18.1. The quantitative estimate of drug-likeness (QED) is 0.345. The number of halogens is 1. The van der Waals surface area contributed by atoms with Gasteiger partial charge in [-0.15, -0.1) is 0 Å². The number of piperidine rings is 1. The first-order valence-corrected chi connectivity index (χ1v) is 19.9. The first-order chi connectivity index (χ1) is 23.5. The van der Waals surface area contributed by atoms with Crippen molar-refractivity contribution < 1.29 is 27.4 Å². The highest BCUT2D eigenvalue weighted by Gasteiger charge is 2.53. The van der Waals surface area contributed by atoms with Crippen LogP contribution < -0.4 is 10.2 Å². The number of carbonyl (C=O) groups is 1. The summed E-state index contributed by atoms with van der Waals surface area (Å²) in [5.41, 5.74) is 0.988. The van der Waals surface area contributed by atoms with E-state index in [-0.39, 0.29) is 29.3 Å². The van der Waals surface area contributed by atoms with E-state index in [1.807, 2.05) is 18.2 Å². The largest absolute Gasteiger partial charge is 0.453 e. The van der Waals surface area contributed by atoms with Crippen molar-refractivity contribution in [2.24, 2.45) is 17.8 Å². The highest BCUT2D eigenvalue weighted by molar-refractivity contribution is 7.92. The number of sulfone groups is 1. The molecule has 5 fully saturated rings. The number of nitrogens with zero attached hydrogens (tertiary/aromatic N) is 3. The van der Waals surface area contributed by atoms with Crippen LogP contribution in [0.25, 0.3) is 0 Å². The van der Waals surface area contributed by atoms with E-state index in [0.29, 0.717) is 29.6 Å². The normalized spacial score (nSPS) is 29.8. The molecule has 0 spiro atoms. The Balaban J connectivity index is 1.000. The Morgan fingerprint density at radius 1 is 1.00 bits per heavy atom. The smallest absolute Gasteiger partial charge is 0.407 e. The van der Waals surface area contributed by atoms with Gasteiger partial charge in [0.25, 0.3) is 0 Å². The number of methoxy groups -OCH3 is 1. The van der Waals surface area contributed by atoms with E-state index in [4.69, 9.17) is 4.74 Å². The van der Waals surface area contributed by atoms with Crippen molar-refractivity contribution in [1.82, 2.24) is 15.1 Å². The first-order valence-electron chi connectivity index (χ1n) is 18.3. The lowest BCUT2D eigenvalue weighted by Gasteiger charge is -2.54. The van der Waals surface area contributed by atoms with Crippen LogP contribution in [0.4, 0.5) is 14.9 Å². The standard InChI is InChI=1S/C38H53FN4O5S/c1-37(45)21-33(22-37)49(46,47)32-12-10-31(11-13-32)43-24-27(25-43)23-41-18-14-28(15-19-41)38(26-42-16-5-17-42,29-6-3-7-30(39)20-29)34-8-4-9-35(34)40-36(44)48-2/h3,6-7,10-13,20,27-28,33-35,45H,4-5,8-9,14-19,21-26H2,1-2H3,(H,40,44)/t33-,34-,35-,37+,38?/m0/s1. The zero-order valence-electron chi connectivity index (χ0n) is 29.0. The summed E-state index contributed by atoms with van der Waals surface area (Å²) in [7, 11) is -2.00. The Kier molecular flexibility index (Phi) is 9.75. The first kappa shape index (κ1) is 34.7. The summed E-state index contributed by atoms with van der Waals surface area (Å²) in [6, 6.07) is 14.6. The molecule has 0 bridgehead atoms. The van der Waals surface area contributed by atoms with Crippen LogP contribution in [0.3, 0.4) is 0 Å². The fourth-order valence-corrected chi connectivity index (χ4v) is 11.9. The van der Waals surface area contributed by atoms with Crippen LogP contribution >= 0.6 is 0 Å². The molecule has 0 radical (unpaired) electrons. The SMILES string of the molecule is COC(=O)N[C@H]1CCC[C@@H]1C(CN1CCC1)(c1cccc(F)c1)C1CCN(CC2CN(c3ccc(S(=O)(=O)[C@H]4C[C@@](C)(O)C4)cc3)C2)CC1. The Hall–Kier alpha value is -2.73. The third kappa shape index (κ3) is 6.97. The van der Waals surface area contributed by atoms with Gasteiger partial charge in [0.1, 0.15) is 5.82 Å². The summed E-state index contributed by atoms with van der Waals surface area (Å²) in [5, 5.41) is 12.7. The lowest BCUT2D eigenvalue weighted by molar-refractivity contribution is -0.0116. The molecule has 11 heteroatoms. The maximum Gasteiger partial charge on any atom is 0.407 e. The molecule has 268 valence electrons. The predicted octanol–water partition coefficient (Wildman–Crippen LogP) is 4.83. The fourth-order valence-electron chi connectivity index (χ4n) is 9.81. The second-order valence-electron chi connectivity index (χ2n) is 15.9. The molecule has 3 aliphatic heterocycles. The summed E-state index contributed by atoms with van der Waals surface area (Å²) in [6.07, 6.45) is 6.42. The number of anilines is 1. The minimum absolute atomic E-state index is 0.000266. The third-order valence-corrected chi connectivity index (χ3v) is 14.7. The van der Waals surface area contributed by atoms with Crippen molar-refractivity contribution in [1.29, 1.82) is 0 Å². The average Bonchev–Trinajstić information content (AvgIpc) is 3.50. The van der Waals surface area contributed by atoms with Gasteiger partial charge in [0.2, 0.25) is 0 Å². The summed E-state index contributed by atoms with van der Waals surface area (Å²) >= 11 is 0. The monoisotopic (exact) mass is 696 g/mol. The van der Waals surface area contributed by atoms with Crippen LogP contribution in [0, 0.1) is 23.6 Å². The molecule has 2 aromatic rings. The summed E-state index contributed by atoms with van der Waals surface area (Å²) in [6.45, 7) is 9.65. The van der Waals surface area contributed by atoms with E-state index in [1.54, 1.807) is 31.2 Å². The average molecular weight is 697 g/mol. The number of carbonyl (C=O) groups excluding carboxylic acids is 1. The Labute approximate surface area is 291 Å². The van der Waals surface area contributed by atoms with Gasteiger partial charge in [-0.1, -0.05) is 18.6 Å². The number of likely N-dealkylation sites (tertiary alicyclic amines) is 2. The summed E-state index contributed by atoms with van der Waals surface area (Å²) in [4.78, 5) is 20.2. The van der Waals surface area contributed by atoms with E-state index in [2.05, 4.69) is 26.1 Å². The van der Waals surface area contributed by atoms with E-state index >= 15 is 0 Å². The van der Waals surface area contributed by atoms with Gasteiger partial charge in [-0.05, 0) is 132 Å². The Morgan fingerprint density at radius 3 is 2.33 bits per heavy atom. The maximum absolute atomic E-state index is 14.9. The molecular weight excluding hydrogens is 644 g/mol. The molecule has 2 saturated carbocycles. The van der Waals surface area contributed by atoms with Crippen molar-refractivity contribution in [3.05, 3.63) is 59.9 Å². The molecule has 0 aromatic heterocycles. The van der Waals surface area contributed by atoms with Crippen LogP contribution in [0.5, 0.6) is 0 Å². The van der Waals surface area contributed by atoms with Gasteiger partial charge in [-0.25, -0.2) is 17.6 Å². The van der Waals surface area contributed by atoms with Gasteiger partial charge in [0.05, 0.1) is 22.9 Å². The lowest BCUT2D eigenvalue weighted by Crippen LogP contribution is -2.60. The van der Waals surface area contributed by atoms with Gasteiger partial charge in [0, 0.05) is 49.2 Å². The molecule has 3 saturated heterocycles. The minimum atomic E-state index is -3.42. The minimum Gasteiger partial charge on any atom is -0.453 e. The van der Waals surface area contributed by atoms with Crippen LogP contribution in [0.1, 0.15) is 63.9 Å². The van der Waals surface area contributed by atoms with Crippen molar-refractivity contribution in [3.8, 4) is 0 Å². The molecule has 1 amide bonds. The number of aliphatic hydroxyl groups is 1. The molecule has 2 aliphatic carbocycles. The molecule has 7 rings (SSSR count). The van der Waals surface area contributed by atoms with E-state index in [9.17, 15) is 22.7 Å². The number of hydrogen-bond donors (Lipinski definition) is 2. The summed E-state index contributed by atoms with van der Waals surface area (Å²) in [5.74, 6) is 0.928. The highest BCUT2D eigenvalue weighted by atomic mass is 32.2. The summed E-state index contributed by atoms with van der Waals surface area (Å²) < 4.78 is 45.9. The van der Waals surface area contributed by atoms with Crippen LogP contribution in [0.15, 0.2) is 53.4 Å². The van der Waals surface area contributed by atoms with Crippen LogP contribution in [-0.4, -0.2) is 106 Å². The molecule has 3 atom stereocenters. The molecule has 2 aromatic carbocycles. The molecule has 1 unspecified atom stereocenters. The molecule has 2 N–H and O–H groups in total. The van der Waals surface area contributed by atoms with Gasteiger partial charge in [0.15, 0.2) is 9.84 Å². The second kappa shape index (κ2) is 13.8. The zero-order valence-corrected chi connectivity index (χ0v) is 29.8. The van der Waals surface area contributed by atoms with Crippen molar-refractivity contribution in [3.63, 3.8) is 0 Å². The molecular formula is C38H53FN4O5S. The van der Waals surface area contributed by atoms with Crippen LogP contribution in [0.2, 0.25) is 0 Å². The van der Waals surface area contributed by atoms with Crippen LogP contribution in [-0.2, 0) is 20.0 Å². The molecule has 3 heterocycles. The van der Waals surface area contributed by atoms with E-state index in [1.165, 1.54) is 13.5 Å². The van der Waals surface area contributed by atoms with Gasteiger partial charge in [-0.2, -0.15) is 0 Å². The highest BCUT2D eigenvalue weighted by Crippen LogP contribution is 2.51. The van der Waals surface area contributed by atoms with Crippen molar-refractivity contribution in [2.75, 3.05) is 64.4 Å². The fraction of sp³-hybridized carbons (Fsp3) is 0.658. The lowest BCUT2D eigenvalue weighted by atomic mass is 9.57. The number of ether oxygens (including phenoxy) is 1. The van der Waals surface area contributed by atoms with Gasteiger partial charge < -0.3 is 29.9 Å². The van der Waals surface area contributed by atoms with Gasteiger partial charge in [-0.3, -0.25) is 0 Å². The number of benzene rings is 2.